The van der Waals surface area contributed by atoms with Crippen LogP contribution in [-0.4, -0.2) is 26.5 Å². The molecule has 0 amide bonds. The van der Waals surface area contributed by atoms with Crippen LogP contribution in [0.2, 0.25) is 26.4 Å². The van der Waals surface area contributed by atoms with Crippen LogP contribution in [0, 0.1) is 0 Å². The molecule has 0 aliphatic rings. The van der Waals surface area contributed by atoms with Crippen molar-refractivity contribution in [3.8, 4) is 0 Å². The molecule has 0 nitrogen and oxygen atoms in total. The molecule has 30 heavy (non-hydrogen) atoms. The first-order valence-corrected chi connectivity index (χ1v) is 22.9. The summed E-state index contributed by atoms with van der Waals surface area (Å²) in [6, 6.07) is 22.9. The summed E-state index contributed by atoms with van der Waals surface area (Å²) in [5.74, 6) is 0. The Hall–Kier alpha value is -0.804. The van der Waals surface area contributed by atoms with Crippen LogP contribution in [0.3, 0.4) is 0 Å². The van der Waals surface area contributed by atoms with Gasteiger partial charge in [0.1, 0.15) is 0 Å². The predicted octanol–water partition coefficient (Wildman–Crippen LogP) is 8.61. The van der Waals surface area contributed by atoms with E-state index in [1.165, 1.54) is 51.8 Å². The fourth-order valence-corrected chi connectivity index (χ4v) is 28.4. The normalized spacial score (nSPS) is 12.9. The number of hydrogen-bond donors (Lipinski definition) is 0. The summed E-state index contributed by atoms with van der Waals surface area (Å²) in [6.45, 7) is 12.3. The number of unbranched alkanes of at least 4 members (excludes halogenated alkanes) is 3. The maximum atomic E-state index is 2.86. The third kappa shape index (κ3) is 7.12. The van der Waals surface area contributed by atoms with E-state index < -0.39 is 26.5 Å². The van der Waals surface area contributed by atoms with Gasteiger partial charge in [-0.3, -0.25) is 0 Å². The van der Waals surface area contributed by atoms with Gasteiger partial charge >= 0.3 is 193 Å². The summed E-state index contributed by atoms with van der Waals surface area (Å²) in [5, 5.41) is 1.57. The Kier molecular flexibility index (Phi) is 11.0. The zero-order valence-corrected chi connectivity index (χ0v) is 24.1. The van der Waals surface area contributed by atoms with Crippen molar-refractivity contribution in [3.05, 3.63) is 71.9 Å². The predicted molar refractivity (Wildman–Crippen MR) is 143 cm³/mol. The molecule has 0 aliphatic heterocycles. The molecule has 0 aromatic heterocycles. The first-order valence-electron chi connectivity index (χ1n) is 12.3. The Balaban J connectivity index is 2.66. The molecule has 2 heteroatoms. The van der Waals surface area contributed by atoms with Crippen molar-refractivity contribution in [2.75, 3.05) is 0 Å². The van der Waals surface area contributed by atoms with Gasteiger partial charge in [0.05, 0.1) is 0 Å². The molecular formula is C28H44SiSn. The van der Waals surface area contributed by atoms with E-state index in [-0.39, 0.29) is 0 Å². The molecule has 0 aliphatic carbocycles. The van der Waals surface area contributed by atoms with Crippen molar-refractivity contribution in [3.63, 3.8) is 0 Å². The monoisotopic (exact) mass is 528 g/mol. The van der Waals surface area contributed by atoms with Crippen LogP contribution in [0.1, 0.15) is 64.9 Å². The van der Waals surface area contributed by atoms with Crippen molar-refractivity contribution in [1.82, 2.24) is 0 Å². The van der Waals surface area contributed by atoms with Gasteiger partial charge in [-0.1, -0.05) is 0 Å². The van der Waals surface area contributed by atoms with E-state index in [0.717, 1.165) is 0 Å². The Morgan fingerprint density at radius 3 is 1.57 bits per heavy atom. The van der Waals surface area contributed by atoms with E-state index >= 15 is 0 Å². The van der Waals surface area contributed by atoms with Crippen molar-refractivity contribution < 1.29 is 0 Å². The molecule has 2 aromatic carbocycles. The van der Waals surface area contributed by atoms with E-state index in [2.05, 4.69) is 100 Å². The average molecular weight is 527 g/mol. The molecule has 0 spiro atoms. The van der Waals surface area contributed by atoms with Crippen LogP contribution >= 0.6 is 0 Å². The third-order valence-corrected chi connectivity index (χ3v) is 26.1. The summed E-state index contributed by atoms with van der Waals surface area (Å²) in [5.41, 5.74) is 4.41. The fourth-order valence-electron chi connectivity index (χ4n) is 4.80. The Labute approximate surface area is 192 Å². The summed E-state index contributed by atoms with van der Waals surface area (Å²) in [4.78, 5) is 0. The molecule has 0 bridgehead atoms. The maximum absolute atomic E-state index is 2.86. The quantitative estimate of drug-likeness (QED) is 0.229. The van der Waals surface area contributed by atoms with Crippen LogP contribution in [-0.2, 0) is 0 Å². The third-order valence-electron chi connectivity index (χ3n) is 6.71. The van der Waals surface area contributed by atoms with Gasteiger partial charge in [-0.25, -0.2) is 0 Å². The van der Waals surface area contributed by atoms with Crippen LogP contribution in [0.5, 0.6) is 0 Å². The van der Waals surface area contributed by atoms with Gasteiger partial charge < -0.3 is 0 Å². The Bertz CT molecular complexity index is 727. The van der Waals surface area contributed by atoms with Crippen LogP contribution < -0.4 is 5.19 Å². The molecule has 2 aromatic rings. The van der Waals surface area contributed by atoms with Gasteiger partial charge in [0.25, 0.3) is 0 Å². The fraction of sp³-hybridized carbons (Fsp3) is 0.500. The molecule has 0 atom stereocenters. The molecule has 164 valence electrons. The number of hydrogen-bond acceptors (Lipinski definition) is 0. The summed E-state index contributed by atoms with van der Waals surface area (Å²) < 4.78 is 6.46. The topological polar surface area (TPSA) is 0 Å². The summed E-state index contributed by atoms with van der Waals surface area (Å²) in [7, 11) is -1.66. The molecule has 0 saturated carbocycles. The van der Waals surface area contributed by atoms with Crippen LogP contribution in [0.15, 0.2) is 66.4 Å². The van der Waals surface area contributed by atoms with Gasteiger partial charge in [-0.2, -0.15) is 0 Å². The first kappa shape index (κ1) is 25.5. The minimum absolute atomic E-state index is 1.33. The second-order valence-corrected chi connectivity index (χ2v) is 27.0. The van der Waals surface area contributed by atoms with E-state index in [4.69, 9.17) is 0 Å². The Morgan fingerprint density at radius 1 is 0.700 bits per heavy atom. The first-order chi connectivity index (χ1) is 14.5. The van der Waals surface area contributed by atoms with Crippen molar-refractivity contribution in [1.29, 1.82) is 0 Å². The molecule has 0 unspecified atom stereocenters. The van der Waals surface area contributed by atoms with Gasteiger partial charge in [0.2, 0.25) is 0 Å². The van der Waals surface area contributed by atoms with Crippen LogP contribution in [0.25, 0.3) is 3.59 Å². The van der Waals surface area contributed by atoms with E-state index in [1.807, 2.05) is 3.59 Å². The minimum atomic E-state index is -2.54. The van der Waals surface area contributed by atoms with E-state index in [1.54, 1.807) is 10.8 Å². The van der Waals surface area contributed by atoms with Crippen LogP contribution in [0.4, 0.5) is 0 Å². The van der Waals surface area contributed by atoms with Crippen molar-refractivity contribution in [2.24, 2.45) is 0 Å². The van der Waals surface area contributed by atoms with Gasteiger partial charge in [0.15, 0.2) is 0 Å². The molecule has 2 rings (SSSR count). The zero-order chi connectivity index (χ0) is 21.9. The second-order valence-electron chi connectivity index (χ2n) is 9.60. The van der Waals surface area contributed by atoms with Crippen molar-refractivity contribution >= 4 is 35.2 Å². The van der Waals surface area contributed by atoms with Gasteiger partial charge in [-0.05, 0) is 0 Å². The number of rotatable bonds is 13. The Morgan fingerprint density at radius 2 is 1.13 bits per heavy atom. The van der Waals surface area contributed by atoms with Gasteiger partial charge in [0, 0.05) is 0 Å². The SMILES string of the molecule is CCC[CH2][Sn]([CH2]CCC)([CH2]CCC)/[C](=C\[Si](C)(C)c1ccccc1)c1ccccc1. The average Bonchev–Trinajstić information content (AvgIpc) is 2.79. The summed E-state index contributed by atoms with van der Waals surface area (Å²) in [6.07, 6.45) is 8.25. The van der Waals surface area contributed by atoms with E-state index in [9.17, 15) is 0 Å². The molecule has 0 saturated heterocycles. The molecule has 0 N–H and O–H groups in total. The molecular weight excluding hydrogens is 483 g/mol. The number of benzene rings is 2. The molecule has 0 radical (unpaired) electrons. The second kappa shape index (κ2) is 12.9. The molecule has 0 heterocycles. The van der Waals surface area contributed by atoms with Crippen molar-refractivity contribution in [2.45, 2.75) is 85.7 Å². The molecule has 0 fully saturated rings. The van der Waals surface area contributed by atoms with E-state index in [0.29, 0.717) is 0 Å². The zero-order valence-electron chi connectivity index (χ0n) is 20.2. The van der Waals surface area contributed by atoms with Gasteiger partial charge in [-0.15, -0.1) is 0 Å². The standard InChI is InChI=1S/C16H17Si.3C4H9.Sn/c1-17(2,16-11-7-4-8-12-16)14-13-15-9-5-3-6-10-15;3*1-3-4-2;/h3-12,14H,1-2H3;3*1,3-4H2,2H3;. The summed E-state index contributed by atoms with van der Waals surface area (Å²) >= 11 is -2.54.